The van der Waals surface area contributed by atoms with Crippen molar-refractivity contribution in [2.75, 3.05) is 0 Å². The van der Waals surface area contributed by atoms with E-state index in [1.165, 1.54) is 0 Å². The van der Waals surface area contributed by atoms with Crippen LogP contribution in [-0.4, -0.2) is 43.7 Å². The Morgan fingerprint density at radius 2 is 1.43 bits per heavy atom. The number of hydrogen-bond donors (Lipinski definition) is 2. The maximum atomic E-state index is 8.56. The minimum absolute atomic E-state index is 0. The van der Waals surface area contributed by atoms with E-state index in [1.807, 2.05) is 0 Å². The Kier molecular flexibility index (Phi) is 53.1. The van der Waals surface area contributed by atoms with Crippen LogP contribution in [0.3, 0.4) is 0 Å². The number of carbonyl (C=O) groups is 1. The van der Waals surface area contributed by atoms with Crippen molar-refractivity contribution in [3.63, 3.8) is 0 Å². The van der Waals surface area contributed by atoms with Crippen LogP contribution in [0.1, 0.15) is 1.43 Å². The molecule has 0 aromatic rings. The zero-order chi connectivity index (χ0) is 3.58. The van der Waals surface area contributed by atoms with Crippen molar-refractivity contribution in [2.24, 2.45) is 0 Å². The van der Waals surface area contributed by atoms with Gasteiger partial charge in [0.1, 0.15) is 0 Å². The summed E-state index contributed by atoms with van der Waals surface area (Å²) in [6, 6.07) is 0. The average Bonchev–Trinajstić information content (AvgIpc) is 0.811. The van der Waals surface area contributed by atoms with E-state index in [4.69, 9.17) is 15.0 Å². The average molecular weight is 345 g/mol. The van der Waals surface area contributed by atoms with Crippen molar-refractivity contribution >= 4 is 33.5 Å². The van der Waals surface area contributed by atoms with Gasteiger partial charge in [0.2, 0.25) is 0 Å². The molecule has 0 heterocycles. The molecular formula is CH5LiO3PbZn. The minimum atomic E-state index is -1.83. The standard InChI is InChI=1S/CH2O3.Li.Pb.Zn.3H/c2-1(3)4;;;;;;/h(H2,2,3,4);;;;;;/q;+1;;;;;-1. The number of carboxylic acid groups (broad SMARTS) is 2. The molecule has 0 atom stereocenters. The second-order valence-corrected chi connectivity index (χ2v) is 0.283. The zero-order valence-electron chi connectivity index (χ0n) is 5.22. The molecule has 0 saturated carbocycles. The second-order valence-electron chi connectivity index (χ2n) is 0.283. The van der Waals surface area contributed by atoms with Gasteiger partial charge in [0, 0.05) is 19.5 Å². The summed E-state index contributed by atoms with van der Waals surface area (Å²) in [5, 5.41) is 13.9. The first-order chi connectivity index (χ1) is 1.73. The van der Waals surface area contributed by atoms with Gasteiger partial charge in [-0.05, 0) is 0 Å². The Hall–Kier alpha value is 1.41. The Morgan fingerprint density at radius 3 is 1.43 bits per heavy atom. The third kappa shape index (κ3) is 109. The summed E-state index contributed by atoms with van der Waals surface area (Å²) in [7, 11) is 0. The summed E-state index contributed by atoms with van der Waals surface area (Å²) in [4.78, 5) is 8.56. The fourth-order valence-corrected chi connectivity index (χ4v) is 0. The van der Waals surface area contributed by atoms with Crippen LogP contribution in [0, 0.1) is 0 Å². The monoisotopic (exact) mass is 344 g/mol. The molecule has 6 heteroatoms. The van der Waals surface area contributed by atoms with Gasteiger partial charge >= 0.3 is 52.3 Å². The van der Waals surface area contributed by atoms with Crippen molar-refractivity contribution in [3.8, 4) is 0 Å². The SMILES string of the molecule is O=C(O)O.[H-].[Li+].[PbH2].[Zn]. The molecule has 0 saturated heterocycles. The summed E-state index contributed by atoms with van der Waals surface area (Å²) in [6.07, 6.45) is -1.83. The fourth-order valence-electron chi connectivity index (χ4n) is 0. The van der Waals surface area contributed by atoms with E-state index in [2.05, 4.69) is 0 Å². The molecule has 2 radical (unpaired) electrons. The zero-order valence-corrected chi connectivity index (χ0v) is 12.7. The summed E-state index contributed by atoms with van der Waals surface area (Å²) < 4.78 is 0. The maximum Gasteiger partial charge on any atom is 0 e. The molecule has 0 bridgehead atoms. The summed E-state index contributed by atoms with van der Waals surface area (Å²) in [5.74, 6) is 0. The van der Waals surface area contributed by atoms with Gasteiger partial charge < -0.3 is 11.6 Å². The van der Waals surface area contributed by atoms with Crippen LogP contribution in [0.15, 0.2) is 0 Å². The molecule has 0 aliphatic rings. The van der Waals surface area contributed by atoms with Gasteiger partial charge in [-0.25, -0.2) is 4.79 Å². The van der Waals surface area contributed by atoms with Crippen molar-refractivity contribution in [3.05, 3.63) is 0 Å². The van der Waals surface area contributed by atoms with Crippen LogP contribution < -0.4 is 18.9 Å². The van der Waals surface area contributed by atoms with E-state index in [-0.39, 0.29) is 67.1 Å². The maximum absolute atomic E-state index is 8.56. The van der Waals surface area contributed by atoms with E-state index in [0.29, 0.717) is 0 Å². The topological polar surface area (TPSA) is 57.5 Å². The molecule has 0 aliphatic carbocycles. The molecule has 34 valence electrons. The van der Waals surface area contributed by atoms with Gasteiger partial charge in [0.15, 0.2) is 0 Å². The molecule has 0 aromatic carbocycles. The number of hydrogen-bond acceptors (Lipinski definition) is 1. The molecule has 7 heavy (non-hydrogen) atoms. The third-order valence-electron chi connectivity index (χ3n) is 0. The van der Waals surface area contributed by atoms with E-state index in [0.717, 1.165) is 0 Å². The molecule has 0 fully saturated rings. The van der Waals surface area contributed by atoms with Crippen molar-refractivity contribution < 1.29 is 54.8 Å². The van der Waals surface area contributed by atoms with Gasteiger partial charge in [-0.2, -0.15) is 0 Å². The van der Waals surface area contributed by atoms with Crippen LogP contribution in [0.4, 0.5) is 4.79 Å². The van der Waals surface area contributed by atoms with E-state index < -0.39 is 6.16 Å². The molecule has 2 N–H and O–H groups in total. The first-order valence-electron chi connectivity index (χ1n) is 0.651. The fraction of sp³-hybridized carbons (Fsp3) is 0. The van der Waals surface area contributed by atoms with Crippen LogP contribution in [0.25, 0.3) is 0 Å². The van der Waals surface area contributed by atoms with Crippen molar-refractivity contribution in [1.82, 2.24) is 0 Å². The predicted octanol–water partition coefficient (Wildman–Crippen LogP) is -3.58. The van der Waals surface area contributed by atoms with Crippen LogP contribution in [0.5, 0.6) is 0 Å². The van der Waals surface area contributed by atoms with E-state index >= 15 is 0 Å². The smallest absolute Gasteiger partial charge is 0 e. The van der Waals surface area contributed by atoms with Gasteiger partial charge in [-0.1, -0.05) is 0 Å². The van der Waals surface area contributed by atoms with Gasteiger partial charge in [-0.3, -0.25) is 0 Å². The van der Waals surface area contributed by atoms with Gasteiger partial charge in [-0.15, -0.1) is 0 Å². The molecule has 0 aliphatic heterocycles. The Balaban J connectivity index is -0.00000000750. The Bertz CT molecular complexity index is 42.3. The normalized spacial score (nSPS) is 3.43. The van der Waals surface area contributed by atoms with Crippen LogP contribution >= 0.6 is 0 Å². The molecule has 0 spiro atoms. The second kappa shape index (κ2) is 15.7. The summed E-state index contributed by atoms with van der Waals surface area (Å²) >= 11 is 0. The quantitative estimate of drug-likeness (QED) is 0.447. The first-order valence-corrected chi connectivity index (χ1v) is 0.651. The predicted molar refractivity (Wildman–Crippen MR) is 20.3 cm³/mol. The molecule has 0 amide bonds. The molecule has 3 nitrogen and oxygen atoms in total. The van der Waals surface area contributed by atoms with Gasteiger partial charge in [0.05, 0.1) is 0 Å². The Morgan fingerprint density at radius 1 is 1.43 bits per heavy atom. The van der Waals surface area contributed by atoms with Gasteiger partial charge in [0.25, 0.3) is 0 Å². The van der Waals surface area contributed by atoms with Crippen molar-refractivity contribution in [1.29, 1.82) is 0 Å². The largest absolute Gasteiger partial charge is 0 e. The summed E-state index contributed by atoms with van der Waals surface area (Å²) in [5.41, 5.74) is 0. The van der Waals surface area contributed by atoms with E-state index in [1.54, 1.807) is 0 Å². The summed E-state index contributed by atoms with van der Waals surface area (Å²) in [6.45, 7) is 0. The first kappa shape index (κ1) is 23.7. The Labute approximate surface area is 87.4 Å². The molecule has 0 aromatic heterocycles. The van der Waals surface area contributed by atoms with Crippen LogP contribution in [0.2, 0.25) is 0 Å². The molecular weight excluding hydrogens is 340 g/mol. The van der Waals surface area contributed by atoms with Crippen molar-refractivity contribution in [2.45, 2.75) is 0 Å². The molecule has 0 rings (SSSR count). The number of rotatable bonds is 0. The third-order valence-corrected chi connectivity index (χ3v) is 0. The van der Waals surface area contributed by atoms with E-state index in [9.17, 15) is 0 Å². The van der Waals surface area contributed by atoms with Crippen LogP contribution in [-0.2, 0) is 19.5 Å². The molecule has 0 unspecified atom stereocenters. The minimum Gasteiger partial charge on any atom is 0 e.